The van der Waals surface area contributed by atoms with Crippen LogP contribution in [-0.2, 0) is 0 Å². The number of nitrogens with zero attached hydrogens (tertiary/aromatic N) is 1. The molecule has 1 amide bonds. The normalized spacial score (nSPS) is 20.2. The van der Waals surface area contributed by atoms with E-state index in [1.54, 1.807) is 19.1 Å². The van der Waals surface area contributed by atoms with E-state index in [0.29, 0.717) is 16.4 Å². The molecule has 1 atom stereocenters. The highest BCUT2D eigenvalue weighted by Crippen LogP contribution is 2.22. The van der Waals surface area contributed by atoms with Gasteiger partial charge in [-0.05, 0) is 56.2 Å². The molecule has 1 heterocycles. The smallest absolute Gasteiger partial charge is 0.253 e. The van der Waals surface area contributed by atoms with Gasteiger partial charge in [-0.3, -0.25) is 4.79 Å². The van der Waals surface area contributed by atoms with E-state index in [2.05, 4.69) is 6.26 Å². The van der Waals surface area contributed by atoms with Crippen LogP contribution in [-0.4, -0.2) is 35.4 Å². The third-order valence-corrected chi connectivity index (χ3v) is 4.84. The van der Waals surface area contributed by atoms with Crippen LogP contribution in [0.5, 0.6) is 0 Å². The summed E-state index contributed by atoms with van der Waals surface area (Å²) in [5.41, 5.74) is 1.13. The lowest BCUT2D eigenvalue weighted by Crippen LogP contribution is -2.32. The van der Waals surface area contributed by atoms with E-state index in [1.165, 1.54) is 12.5 Å². The first kappa shape index (κ1) is 14.4. The van der Waals surface area contributed by atoms with Gasteiger partial charge < -0.3 is 4.90 Å². The maximum Gasteiger partial charge on any atom is 0.253 e. The van der Waals surface area contributed by atoms with Crippen molar-refractivity contribution in [1.82, 2.24) is 4.90 Å². The average molecular weight is 281 g/mol. The summed E-state index contributed by atoms with van der Waals surface area (Å²) in [6, 6.07) is 4.61. The Kier molecular flexibility index (Phi) is 4.86. The van der Waals surface area contributed by atoms with Gasteiger partial charge >= 0.3 is 0 Å². The molecular weight excluding hydrogens is 261 g/mol. The summed E-state index contributed by atoms with van der Waals surface area (Å²) in [6.07, 6.45) is 5.41. The van der Waals surface area contributed by atoms with Gasteiger partial charge in [-0.2, -0.15) is 11.8 Å². The van der Waals surface area contributed by atoms with E-state index < -0.39 is 0 Å². The first-order valence-electron chi connectivity index (χ1n) is 6.70. The zero-order valence-corrected chi connectivity index (χ0v) is 12.3. The number of aryl methyl sites for hydroxylation is 1. The third kappa shape index (κ3) is 3.50. The summed E-state index contributed by atoms with van der Waals surface area (Å²) >= 11 is 1.89. The lowest BCUT2D eigenvalue weighted by Gasteiger charge is -2.20. The van der Waals surface area contributed by atoms with Crippen molar-refractivity contribution in [2.45, 2.75) is 31.4 Å². The van der Waals surface area contributed by atoms with E-state index in [0.717, 1.165) is 25.9 Å². The molecule has 0 aromatic heterocycles. The maximum atomic E-state index is 13.2. The van der Waals surface area contributed by atoms with Crippen LogP contribution in [0.4, 0.5) is 4.39 Å². The minimum atomic E-state index is -0.255. The van der Waals surface area contributed by atoms with Gasteiger partial charge in [0.05, 0.1) is 0 Å². The van der Waals surface area contributed by atoms with Crippen molar-refractivity contribution in [3.63, 3.8) is 0 Å². The molecule has 1 unspecified atom stereocenters. The predicted molar refractivity (Wildman–Crippen MR) is 78.2 cm³/mol. The SMILES string of the molecule is CSC1CCCN(C(=O)c2ccc(F)c(C)c2)CC1. The fourth-order valence-electron chi connectivity index (χ4n) is 2.46. The van der Waals surface area contributed by atoms with Crippen molar-refractivity contribution in [3.05, 3.63) is 35.1 Å². The highest BCUT2D eigenvalue weighted by molar-refractivity contribution is 7.99. The molecule has 0 aliphatic carbocycles. The number of thioether (sulfide) groups is 1. The molecule has 1 aliphatic rings. The first-order valence-corrected chi connectivity index (χ1v) is 7.99. The number of hydrogen-bond donors (Lipinski definition) is 0. The summed E-state index contributed by atoms with van der Waals surface area (Å²) in [6.45, 7) is 3.31. The van der Waals surface area contributed by atoms with Crippen molar-refractivity contribution in [2.75, 3.05) is 19.3 Å². The standard InChI is InChI=1S/C15H20FNOS/c1-11-10-12(5-6-14(11)16)15(18)17-8-3-4-13(19-2)7-9-17/h5-6,10,13H,3-4,7-9H2,1-2H3. The van der Waals surface area contributed by atoms with E-state index in [9.17, 15) is 9.18 Å². The molecule has 1 saturated heterocycles. The van der Waals surface area contributed by atoms with Crippen LogP contribution < -0.4 is 0 Å². The summed E-state index contributed by atoms with van der Waals surface area (Å²) in [5.74, 6) is -0.222. The molecule has 4 heteroatoms. The average Bonchev–Trinajstić information content (AvgIpc) is 2.66. The Morgan fingerprint density at radius 2 is 2.16 bits per heavy atom. The van der Waals surface area contributed by atoms with Gasteiger partial charge in [-0.25, -0.2) is 4.39 Å². The zero-order chi connectivity index (χ0) is 13.8. The molecule has 0 N–H and O–H groups in total. The Hall–Kier alpha value is -1.03. The molecule has 1 aliphatic heterocycles. The number of hydrogen-bond acceptors (Lipinski definition) is 2. The second kappa shape index (κ2) is 6.42. The molecule has 2 nitrogen and oxygen atoms in total. The zero-order valence-electron chi connectivity index (χ0n) is 11.5. The van der Waals surface area contributed by atoms with E-state index >= 15 is 0 Å². The fraction of sp³-hybridized carbons (Fsp3) is 0.533. The van der Waals surface area contributed by atoms with Gasteiger partial charge in [-0.1, -0.05) is 0 Å². The quantitative estimate of drug-likeness (QED) is 0.827. The minimum absolute atomic E-state index is 0.0323. The fourth-order valence-corrected chi connectivity index (χ4v) is 3.21. The third-order valence-electron chi connectivity index (χ3n) is 3.70. The number of amides is 1. The van der Waals surface area contributed by atoms with Crippen LogP contribution >= 0.6 is 11.8 Å². The van der Waals surface area contributed by atoms with E-state index in [4.69, 9.17) is 0 Å². The van der Waals surface area contributed by atoms with Gasteiger partial charge in [0.25, 0.3) is 5.91 Å². The number of benzene rings is 1. The lowest BCUT2D eigenvalue weighted by molar-refractivity contribution is 0.0761. The summed E-state index contributed by atoms with van der Waals surface area (Å²) in [4.78, 5) is 14.3. The molecule has 19 heavy (non-hydrogen) atoms. The van der Waals surface area contributed by atoms with Crippen molar-refractivity contribution >= 4 is 17.7 Å². The van der Waals surface area contributed by atoms with Crippen molar-refractivity contribution < 1.29 is 9.18 Å². The number of halogens is 1. The van der Waals surface area contributed by atoms with Crippen molar-refractivity contribution in [2.24, 2.45) is 0 Å². The first-order chi connectivity index (χ1) is 9.11. The van der Waals surface area contributed by atoms with Gasteiger partial charge in [0.2, 0.25) is 0 Å². The Bertz CT molecular complexity index is 463. The van der Waals surface area contributed by atoms with Crippen LogP contribution in [0.1, 0.15) is 35.2 Å². The van der Waals surface area contributed by atoms with Crippen molar-refractivity contribution in [1.29, 1.82) is 0 Å². The van der Waals surface area contributed by atoms with Crippen LogP contribution in [0.2, 0.25) is 0 Å². The minimum Gasteiger partial charge on any atom is -0.339 e. The number of carbonyl (C=O) groups is 1. The molecule has 0 radical (unpaired) electrons. The van der Waals surface area contributed by atoms with Gasteiger partial charge in [0.1, 0.15) is 5.82 Å². The molecule has 1 aromatic carbocycles. The van der Waals surface area contributed by atoms with Gasteiger partial charge in [0.15, 0.2) is 0 Å². The second-order valence-electron chi connectivity index (χ2n) is 5.04. The monoisotopic (exact) mass is 281 g/mol. The highest BCUT2D eigenvalue weighted by Gasteiger charge is 2.21. The molecule has 2 rings (SSSR count). The number of likely N-dealkylation sites (tertiary alicyclic amines) is 1. The molecule has 104 valence electrons. The Balaban J connectivity index is 2.08. The highest BCUT2D eigenvalue weighted by atomic mass is 32.2. The Morgan fingerprint density at radius 3 is 2.84 bits per heavy atom. The predicted octanol–water partition coefficient (Wildman–Crippen LogP) is 3.49. The van der Waals surface area contributed by atoms with Gasteiger partial charge in [0, 0.05) is 23.9 Å². The van der Waals surface area contributed by atoms with Crippen LogP contribution in [0.3, 0.4) is 0 Å². The molecule has 0 saturated carbocycles. The maximum absolute atomic E-state index is 13.2. The molecule has 0 bridgehead atoms. The molecular formula is C15H20FNOS. The van der Waals surface area contributed by atoms with Crippen LogP contribution in [0.15, 0.2) is 18.2 Å². The van der Waals surface area contributed by atoms with Gasteiger partial charge in [-0.15, -0.1) is 0 Å². The topological polar surface area (TPSA) is 20.3 Å². The molecule has 1 fully saturated rings. The molecule has 1 aromatic rings. The number of rotatable bonds is 2. The summed E-state index contributed by atoms with van der Waals surface area (Å²) in [5, 5.41) is 0.660. The van der Waals surface area contributed by atoms with Crippen molar-refractivity contribution in [3.8, 4) is 0 Å². The van der Waals surface area contributed by atoms with E-state index in [-0.39, 0.29) is 11.7 Å². The Morgan fingerprint density at radius 1 is 1.37 bits per heavy atom. The Labute approximate surface area is 118 Å². The lowest BCUT2D eigenvalue weighted by atomic mass is 10.1. The number of carbonyl (C=O) groups excluding carboxylic acids is 1. The summed E-state index contributed by atoms with van der Waals surface area (Å²) < 4.78 is 13.2. The molecule has 0 spiro atoms. The van der Waals surface area contributed by atoms with Crippen LogP contribution in [0.25, 0.3) is 0 Å². The van der Waals surface area contributed by atoms with E-state index in [1.807, 2.05) is 16.7 Å². The van der Waals surface area contributed by atoms with Crippen LogP contribution in [0, 0.1) is 12.7 Å². The largest absolute Gasteiger partial charge is 0.339 e. The summed E-state index contributed by atoms with van der Waals surface area (Å²) in [7, 11) is 0. The second-order valence-corrected chi connectivity index (χ2v) is 6.18.